The molecule has 1 amide bonds. The van der Waals surface area contributed by atoms with Crippen molar-refractivity contribution in [3.8, 4) is 11.1 Å². The molecule has 1 fully saturated rings. The number of nitrogens with one attached hydrogen (secondary N) is 2. The summed E-state index contributed by atoms with van der Waals surface area (Å²) in [5, 5.41) is 4.51. The number of aromatic nitrogens is 3. The Morgan fingerprint density at radius 3 is 2.67 bits per heavy atom. The fourth-order valence-corrected chi connectivity index (χ4v) is 5.35. The normalized spacial score (nSPS) is 14.8. The molecule has 8 nitrogen and oxygen atoms in total. The van der Waals surface area contributed by atoms with Gasteiger partial charge < -0.3 is 5.32 Å². The second kappa shape index (κ2) is 8.49. The van der Waals surface area contributed by atoms with Crippen LogP contribution in [0.1, 0.15) is 37.8 Å². The minimum atomic E-state index is -3.37. The monoisotopic (exact) mass is 443 g/mol. The molecule has 1 aliphatic carbocycles. The third kappa shape index (κ3) is 4.65. The predicted molar refractivity (Wildman–Crippen MR) is 117 cm³/mol. The van der Waals surface area contributed by atoms with E-state index in [4.69, 9.17) is 0 Å². The van der Waals surface area contributed by atoms with Gasteiger partial charge in [-0.05, 0) is 37.5 Å². The Hall–Kier alpha value is -2.85. The number of rotatable bonds is 8. The van der Waals surface area contributed by atoms with Crippen molar-refractivity contribution in [2.45, 2.75) is 37.4 Å². The maximum absolute atomic E-state index is 12.8. The van der Waals surface area contributed by atoms with Crippen LogP contribution in [0.4, 0.5) is 10.9 Å². The first-order valence-electron chi connectivity index (χ1n) is 9.60. The molecule has 0 aromatic carbocycles. The number of thiazole rings is 1. The van der Waals surface area contributed by atoms with E-state index in [-0.39, 0.29) is 11.2 Å². The van der Waals surface area contributed by atoms with E-state index in [0.717, 1.165) is 11.1 Å². The van der Waals surface area contributed by atoms with Crippen molar-refractivity contribution in [2.24, 2.45) is 0 Å². The summed E-state index contributed by atoms with van der Waals surface area (Å²) in [5.74, 6) is -0.294. The van der Waals surface area contributed by atoms with Gasteiger partial charge in [-0.2, -0.15) is 0 Å². The van der Waals surface area contributed by atoms with Gasteiger partial charge in [-0.3, -0.25) is 14.5 Å². The molecule has 156 valence electrons. The summed E-state index contributed by atoms with van der Waals surface area (Å²) in [6.45, 7) is 1.89. The molecule has 10 heteroatoms. The highest BCUT2D eigenvalue weighted by molar-refractivity contribution is 7.93. The Morgan fingerprint density at radius 2 is 2.03 bits per heavy atom. The number of carbonyl (C=O) groups excluding carboxylic acids is 1. The van der Waals surface area contributed by atoms with Crippen LogP contribution in [0.3, 0.4) is 0 Å². The zero-order valence-corrected chi connectivity index (χ0v) is 17.9. The predicted octanol–water partition coefficient (Wildman–Crippen LogP) is 3.64. The number of pyridine rings is 2. The van der Waals surface area contributed by atoms with Crippen molar-refractivity contribution in [1.82, 2.24) is 15.0 Å². The SMILES string of the molecule is CCC(C(=O)Nc1ccc(-c2cccnc2)cn1)c1csc(NS(=O)(=O)C2CC2)n1. The van der Waals surface area contributed by atoms with Crippen LogP contribution in [0.2, 0.25) is 0 Å². The highest BCUT2D eigenvalue weighted by atomic mass is 32.2. The summed E-state index contributed by atoms with van der Waals surface area (Å²) < 4.78 is 26.7. The zero-order chi connectivity index (χ0) is 21.1. The van der Waals surface area contributed by atoms with Crippen molar-refractivity contribution < 1.29 is 13.2 Å². The Morgan fingerprint density at radius 1 is 1.23 bits per heavy atom. The lowest BCUT2D eigenvalue weighted by atomic mass is 10.0. The summed E-state index contributed by atoms with van der Waals surface area (Å²) in [5.41, 5.74) is 2.39. The molecule has 1 atom stereocenters. The number of amides is 1. The van der Waals surface area contributed by atoms with E-state index in [2.05, 4.69) is 25.0 Å². The second-order valence-electron chi connectivity index (χ2n) is 7.05. The Bertz CT molecular complexity index is 1130. The van der Waals surface area contributed by atoms with Crippen LogP contribution in [-0.2, 0) is 14.8 Å². The van der Waals surface area contributed by atoms with E-state index in [1.54, 1.807) is 30.0 Å². The molecule has 0 bridgehead atoms. The standard InChI is InChI=1S/C20H21N5O3S2/c1-2-16(17-12-29-20(23-17)25-30(27,28)15-6-7-15)19(26)24-18-8-5-14(11-22-18)13-4-3-9-21-10-13/h3-5,8-12,15-16H,2,6-7H2,1H3,(H,23,25)(H,22,24,26). The van der Waals surface area contributed by atoms with Crippen LogP contribution >= 0.6 is 11.3 Å². The van der Waals surface area contributed by atoms with Crippen molar-refractivity contribution >= 4 is 38.2 Å². The van der Waals surface area contributed by atoms with Gasteiger partial charge in [0.25, 0.3) is 0 Å². The fourth-order valence-electron chi connectivity index (χ4n) is 2.99. The average Bonchev–Trinajstić information content (AvgIpc) is 3.52. The van der Waals surface area contributed by atoms with Gasteiger partial charge in [-0.1, -0.05) is 13.0 Å². The van der Waals surface area contributed by atoms with Crippen molar-refractivity contribution in [2.75, 3.05) is 10.0 Å². The molecule has 3 heterocycles. The highest BCUT2D eigenvalue weighted by Crippen LogP contribution is 2.32. The first kappa shape index (κ1) is 20.4. The Labute approximate surface area is 178 Å². The molecule has 0 radical (unpaired) electrons. The molecular formula is C20H21N5O3S2. The van der Waals surface area contributed by atoms with Crippen LogP contribution < -0.4 is 10.0 Å². The molecule has 0 saturated heterocycles. The molecule has 3 aromatic heterocycles. The Kier molecular flexibility index (Phi) is 5.78. The molecular weight excluding hydrogens is 422 g/mol. The smallest absolute Gasteiger partial charge is 0.237 e. The molecule has 1 saturated carbocycles. The summed E-state index contributed by atoms with van der Waals surface area (Å²) in [6.07, 6.45) is 7.02. The van der Waals surface area contributed by atoms with Crippen LogP contribution in [0, 0.1) is 0 Å². The average molecular weight is 444 g/mol. The van der Waals surface area contributed by atoms with Gasteiger partial charge >= 0.3 is 0 Å². The molecule has 0 aliphatic heterocycles. The number of anilines is 2. The number of hydrogen-bond donors (Lipinski definition) is 2. The third-order valence-electron chi connectivity index (χ3n) is 4.81. The van der Waals surface area contributed by atoms with Crippen molar-refractivity contribution in [1.29, 1.82) is 0 Å². The van der Waals surface area contributed by atoms with E-state index in [1.165, 1.54) is 11.3 Å². The van der Waals surface area contributed by atoms with E-state index in [9.17, 15) is 13.2 Å². The maximum Gasteiger partial charge on any atom is 0.237 e. The van der Waals surface area contributed by atoms with Gasteiger partial charge in [-0.15, -0.1) is 11.3 Å². The molecule has 1 unspecified atom stereocenters. The first-order chi connectivity index (χ1) is 14.5. The molecule has 0 spiro atoms. The van der Waals surface area contributed by atoms with Gasteiger partial charge in [0.15, 0.2) is 5.13 Å². The minimum Gasteiger partial charge on any atom is -0.310 e. The Balaban J connectivity index is 1.43. The van der Waals surface area contributed by atoms with Gasteiger partial charge in [0.05, 0.1) is 16.9 Å². The minimum absolute atomic E-state index is 0.235. The van der Waals surface area contributed by atoms with E-state index in [1.807, 2.05) is 25.1 Å². The summed E-state index contributed by atoms with van der Waals surface area (Å²) in [4.78, 5) is 25.5. The van der Waals surface area contributed by atoms with Crippen LogP contribution in [-0.4, -0.2) is 34.5 Å². The maximum atomic E-state index is 12.8. The number of nitrogens with zero attached hydrogens (tertiary/aromatic N) is 3. The van der Waals surface area contributed by atoms with E-state index >= 15 is 0 Å². The van der Waals surface area contributed by atoms with Gasteiger partial charge in [0, 0.05) is 35.1 Å². The van der Waals surface area contributed by atoms with Crippen LogP contribution in [0.25, 0.3) is 11.1 Å². The number of sulfonamides is 1. The van der Waals surface area contributed by atoms with Crippen molar-refractivity contribution in [3.05, 3.63) is 53.9 Å². The lowest BCUT2D eigenvalue weighted by Crippen LogP contribution is -2.22. The topological polar surface area (TPSA) is 114 Å². The fraction of sp³-hybridized carbons (Fsp3) is 0.300. The van der Waals surface area contributed by atoms with E-state index < -0.39 is 15.9 Å². The lowest BCUT2D eigenvalue weighted by molar-refractivity contribution is -0.117. The third-order valence-corrected chi connectivity index (χ3v) is 7.54. The highest BCUT2D eigenvalue weighted by Gasteiger charge is 2.36. The van der Waals surface area contributed by atoms with Crippen LogP contribution in [0.15, 0.2) is 48.2 Å². The second-order valence-corrected chi connectivity index (χ2v) is 9.87. The summed E-state index contributed by atoms with van der Waals surface area (Å²) in [7, 11) is -3.37. The summed E-state index contributed by atoms with van der Waals surface area (Å²) >= 11 is 1.19. The largest absolute Gasteiger partial charge is 0.310 e. The quantitative estimate of drug-likeness (QED) is 0.549. The molecule has 1 aliphatic rings. The lowest BCUT2D eigenvalue weighted by Gasteiger charge is -2.13. The van der Waals surface area contributed by atoms with Gasteiger partial charge in [-0.25, -0.2) is 18.4 Å². The van der Waals surface area contributed by atoms with Gasteiger partial charge in [0.1, 0.15) is 5.82 Å². The molecule has 30 heavy (non-hydrogen) atoms. The number of carbonyl (C=O) groups is 1. The number of hydrogen-bond acceptors (Lipinski definition) is 7. The zero-order valence-electron chi connectivity index (χ0n) is 16.3. The van der Waals surface area contributed by atoms with Crippen molar-refractivity contribution in [3.63, 3.8) is 0 Å². The molecule has 2 N–H and O–H groups in total. The van der Waals surface area contributed by atoms with E-state index in [0.29, 0.717) is 35.9 Å². The first-order valence-corrected chi connectivity index (χ1v) is 12.0. The molecule has 3 aromatic rings. The van der Waals surface area contributed by atoms with Gasteiger partial charge in [0.2, 0.25) is 15.9 Å². The van der Waals surface area contributed by atoms with Crippen LogP contribution in [0.5, 0.6) is 0 Å². The molecule has 4 rings (SSSR count). The summed E-state index contributed by atoms with van der Waals surface area (Å²) in [6, 6.07) is 7.40.